The van der Waals surface area contributed by atoms with Gasteiger partial charge in [-0.2, -0.15) is 0 Å². The zero-order valence-corrected chi connectivity index (χ0v) is 16.5. The molecule has 144 valence electrons. The number of anilines is 1. The lowest BCUT2D eigenvalue weighted by atomic mass is 10.0. The molecule has 27 heavy (non-hydrogen) atoms. The summed E-state index contributed by atoms with van der Waals surface area (Å²) in [6, 6.07) is 8.53. The molecule has 1 aromatic carbocycles. The summed E-state index contributed by atoms with van der Waals surface area (Å²) in [6.45, 7) is 6.92. The van der Waals surface area contributed by atoms with E-state index >= 15 is 0 Å². The monoisotopic (exact) mass is 366 g/mol. The lowest BCUT2D eigenvalue weighted by Gasteiger charge is -2.28. The van der Waals surface area contributed by atoms with Crippen molar-refractivity contribution in [3.8, 4) is 5.75 Å². The SMILES string of the molecule is Cc1noc(N2CCC(=Cc3cccc(OCC4CCCC4)c3)CC2)c1C. The minimum absolute atomic E-state index is 0.750. The second-order valence-corrected chi connectivity index (χ2v) is 8.02. The Morgan fingerprint density at radius 2 is 1.96 bits per heavy atom. The van der Waals surface area contributed by atoms with E-state index in [4.69, 9.17) is 9.26 Å². The smallest absolute Gasteiger partial charge is 0.230 e. The Morgan fingerprint density at radius 1 is 1.19 bits per heavy atom. The van der Waals surface area contributed by atoms with Crippen LogP contribution < -0.4 is 9.64 Å². The molecule has 1 aliphatic heterocycles. The van der Waals surface area contributed by atoms with E-state index in [0.717, 1.165) is 61.3 Å². The first-order valence-corrected chi connectivity index (χ1v) is 10.3. The average Bonchev–Trinajstić information content (AvgIpc) is 3.32. The third-order valence-electron chi connectivity index (χ3n) is 6.01. The minimum Gasteiger partial charge on any atom is -0.493 e. The normalized spacial score (nSPS) is 18.1. The predicted molar refractivity (Wildman–Crippen MR) is 109 cm³/mol. The summed E-state index contributed by atoms with van der Waals surface area (Å²) in [5, 5.41) is 4.09. The molecule has 2 fully saturated rings. The van der Waals surface area contributed by atoms with Crippen LogP contribution in [0.15, 0.2) is 34.4 Å². The molecule has 0 bridgehead atoms. The van der Waals surface area contributed by atoms with Crippen LogP contribution in [0.5, 0.6) is 5.75 Å². The summed E-state index contributed by atoms with van der Waals surface area (Å²) in [7, 11) is 0. The van der Waals surface area contributed by atoms with E-state index in [1.54, 1.807) is 0 Å². The van der Waals surface area contributed by atoms with Crippen LogP contribution in [-0.4, -0.2) is 24.9 Å². The molecule has 0 amide bonds. The highest BCUT2D eigenvalue weighted by molar-refractivity contribution is 5.56. The highest BCUT2D eigenvalue weighted by atomic mass is 16.5. The van der Waals surface area contributed by atoms with Gasteiger partial charge < -0.3 is 14.2 Å². The quantitative estimate of drug-likeness (QED) is 0.696. The maximum atomic E-state index is 6.05. The molecule has 1 aromatic heterocycles. The van der Waals surface area contributed by atoms with Gasteiger partial charge in [-0.05, 0) is 63.1 Å². The zero-order valence-electron chi connectivity index (χ0n) is 16.5. The van der Waals surface area contributed by atoms with Crippen molar-refractivity contribution in [1.29, 1.82) is 0 Å². The van der Waals surface area contributed by atoms with E-state index in [2.05, 4.69) is 47.3 Å². The van der Waals surface area contributed by atoms with Gasteiger partial charge in [0.25, 0.3) is 0 Å². The molecule has 2 aromatic rings. The summed E-state index contributed by atoms with van der Waals surface area (Å²) < 4.78 is 11.6. The number of benzene rings is 1. The molecule has 4 rings (SSSR count). The molecule has 4 nitrogen and oxygen atoms in total. The van der Waals surface area contributed by atoms with Crippen LogP contribution in [0.1, 0.15) is 55.3 Å². The number of ether oxygens (including phenoxy) is 1. The molecule has 1 saturated heterocycles. The number of aromatic nitrogens is 1. The van der Waals surface area contributed by atoms with Gasteiger partial charge in [-0.25, -0.2) is 0 Å². The number of piperidine rings is 1. The van der Waals surface area contributed by atoms with Gasteiger partial charge in [-0.1, -0.05) is 41.8 Å². The molecule has 1 aliphatic carbocycles. The molecule has 0 spiro atoms. The Hall–Kier alpha value is -2.23. The van der Waals surface area contributed by atoms with Crippen molar-refractivity contribution < 1.29 is 9.26 Å². The second kappa shape index (κ2) is 8.20. The van der Waals surface area contributed by atoms with Gasteiger partial charge in [-0.15, -0.1) is 0 Å². The number of aryl methyl sites for hydroxylation is 1. The average molecular weight is 367 g/mol. The Bertz CT molecular complexity index is 792. The van der Waals surface area contributed by atoms with Crippen molar-refractivity contribution in [2.45, 2.75) is 52.4 Å². The van der Waals surface area contributed by atoms with Gasteiger partial charge in [0, 0.05) is 18.7 Å². The lowest BCUT2D eigenvalue weighted by molar-refractivity contribution is 0.252. The number of hydrogen-bond acceptors (Lipinski definition) is 4. The van der Waals surface area contributed by atoms with Gasteiger partial charge in [-0.3, -0.25) is 0 Å². The zero-order chi connectivity index (χ0) is 18.6. The summed E-state index contributed by atoms with van der Waals surface area (Å²) >= 11 is 0. The van der Waals surface area contributed by atoms with E-state index in [1.165, 1.54) is 36.8 Å². The Kier molecular flexibility index (Phi) is 5.51. The van der Waals surface area contributed by atoms with E-state index in [1.807, 2.05) is 6.92 Å². The van der Waals surface area contributed by atoms with Crippen LogP contribution in [0.3, 0.4) is 0 Å². The number of hydrogen-bond donors (Lipinski definition) is 0. The lowest BCUT2D eigenvalue weighted by Crippen LogP contribution is -2.30. The predicted octanol–water partition coefficient (Wildman–Crippen LogP) is 5.54. The maximum absolute atomic E-state index is 6.05. The van der Waals surface area contributed by atoms with Gasteiger partial charge in [0.05, 0.1) is 12.3 Å². The summed E-state index contributed by atoms with van der Waals surface area (Å²) in [5.41, 5.74) is 4.89. The van der Waals surface area contributed by atoms with E-state index in [-0.39, 0.29) is 0 Å². The van der Waals surface area contributed by atoms with Crippen molar-refractivity contribution in [2.75, 3.05) is 24.6 Å². The highest BCUT2D eigenvalue weighted by Gasteiger charge is 2.20. The van der Waals surface area contributed by atoms with E-state index < -0.39 is 0 Å². The molecule has 4 heteroatoms. The molecular weight excluding hydrogens is 336 g/mol. The van der Waals surface area contributed by atoms with Crippen LogP contribution in [0.4, 0.5) is 5.88 Å². The molecule has 0 atom stereocenters. The molecule has 2 aliphatic rings. The number of nitrogens with zero attached hydrogens (tertiary/aromatic N) is 2. The standard InChI is InChI=1S/C23H30N2O2/c1-17-18(2)24-27-23(17)25-12-10-19(11-13-25)14-21-8-5-9-22(15-21)26-16-20-6-3-4-7-20/h5,8-9,14-15,20H,3-4,6-7,10-13,16H2,1-2H3. The summed E-state index contributed by atoms with van der Waals surface area (Å²) in [4.78, 5) is 2.31. The minimum atomic E-state index is 0.750. The molecule has 0 unspecified atom stereocenters. The fraction of sp³-hybridized carbons (Fsp3) is 0.522. The third-order valence-corrected chi connectivity index (χ3v) is 6.01. The van der Waals surface area contributed by atoms with Crippen molar-refractivity contribution in [3.05, 3.63) is 46.7 Å². The van der Waals surface area contributed by atoms with Gasteiger partial charge in [0.15, 0.2) is 0 Å². The fourth-order valence-electron chi connectivity index (χ4n) is 4.16. The first-order valence-electron chi connectivity index (χ1n) is 10.3. The largest absolute Gasteiger partial charge is 0.493 e. The Balaban J connectivity index is 1.35. The van der Waals surface area contributed by atoms with E-state index in [0.29, 0.717) is 0 Å². The van der Waals surface area contributed by atoms with Crippen LogP contribution >= 0.6 is 0 Å². The second-order valence-electron chi connectivity index (χ2n) is 8.02. The molecule has 0 N–H and O–H groups in total. The molecule has 2 heterocycles. The topological polar surface area (TPSA) is 38.5 Å². The van der Waals surface area contributed by atoms with Gasteiger partial charge >= 0.3 is 0 Å². The Labute approximate surface area is 162 Å². The molecular formula is C23H30N2O2. The van der Waals surface area contributed by atoms with E-state index in [9.17, 15) is 0 Å². The van der Waals surface area contributed by atoms with Crippen LogP contribution in [0, 0.1) is 19.8 Å². The molecule has 1 saturated carbocycles. The highest BCUT2D eigenvalue weighted by Crippen LogP contribution is 2.29. The van der Waals surface area contributed by atoms with Gasteiger partial charge in [0.1, 0.15) is 5.75 Å². The summed E-state index contributed by atoms with van der Waals surface area (Å²) in [6.07, 6.45) is 9.83. The fourth-order valence-corrected chi connectivity index (χ4v) is 4.16. The summed E-state index contributed by atoms with van der Waals surface area (Å²) in [5.74, 6) is 2.69. The third kappa shape index (κ3) is 4.37. The van der Waals surface area contributed by atoms with Gasteiger partial charge in [0.2, 0.25) is 5.88 Å². The number of rotatable bonds is 5. The van der Waals surface area contributed by atoms with Crippen molar-refractivity contribution in [2.24, 2.45) is 5.92 Å². The van der Waals surface area contributed by atoms with Crippen LogP contribution in [0.25, 0.3) is 6.08 Å². The molecule has 0 radical (unpaired) electrons. The maximum Gasteiger partial charge on any atom is 0.230 e. The Morgan fingerprint density at radius 3 is 2.67 bits per heavy atom. The first kappa shape index (κ1) is 18.1. The van der Waals surface area contributed by atoms with Crippen LogP contribution in [-0.2, 0) is 0 Å². The van der Waals surface area contributed by atoms with Crippen LogP contribution in [0.2, 0.25) is 0 Å². The first-order chi connectivity index (χ1) is 13.2. The van der Waals surface area contributed by atoms with Crippen molar-refractivity contribution in [3.63, 3.8) is 0 Å². The van der Waals surface area contributed by atoms with Crippen molar-refractivity contribution >= 4 is 12.0 Å². The van der Waals surface area contributed by atoms with Crippen molar-refractivity contribution in [1.82, 2.24) is 5.16 Å².